The van der Waals surface area contributed by atoms with Crippen molar-refractivity contribution in [1.82, 2.24) is 4.98 Å². The van der Waals surface area contributed by atoms with Gasteiger partial charge in [-0.1, -0.05) is 0 Å². The van der Waals surface area contributed by atoms with Crippen LogP contribution in [0, 0.1) is 0 Å². The molecule has 0 amide bonds. The summed E-state index contributed by atoms with van der Waals surface area (Å²) < 4.78 is 5.30. The van der Waals surface area contributed by atoms with Crippen LogP contribution in [-0.2, 0) is 0 Å². The minimum Gasteiger partial charge on any atom is -0.495 e. The Morgan fingerprint density at radius 3 is 3.00 bits per heavy atom. The van der Waals surface area contributed by atoms with Gasteiger partial charge < -0.3 is 10.1 Å². The van der Waals surface area contributed by atoms with E-state index < -0.39 is 0 Å². The molecule has 4 heteroatoms. The molecule has 0 aliphatic rings. The molecule has 84 valence electrons. The maximum Gasteiger partial charge on any atom is 0.134 e. The number of nitrogens with zero attached hydrogens (tertiary/aromatic N) is 1. The van der Waals surface area contributed by atoms with Crippen molar-refractivity contribution in [3.8, 4) is 5.75 Å². The van der Waals surface area contributed by atoms with Gasteiger partial charge in [0.05, 0.1) is 23.2 Å². The molecule has 0 saturated heterocycles. The van der Waals surface area contributed by atoms with E-state index in [1.54, 1.807) is 13.3 Å². The zero-order chi connectivity index (χ0) is 11.5. The van der Waals surface area contributed by atoms with Crippen molar-refractivity contribution < 1.29 is 4.74 Å². The molecule has 0 fully saturated rings. The van der Waals surface area contributed by atoms with Gasteiger partial charge in [-0.2, -0.15) is 0 Å². The Hall–Kier alpha value is -1.42. The van der Waals surface area contributed by atoms with Crippen LogP contribution in [-0.4, -0.2) is 18.6 Å². The lowest BCUT2D eigenvalue weighted by atomic mass is 10.1. The Kier molecular flexibility index (Phi) is 3.19. The van der Waals surface area contributed by atoms with Crippen molar-refractivity contribution in [2.75, 3.05) is 19.0 Å². The van der Waals surface area contributed by atoms with Crippen LogP contribution in [0.2, 0.25) is 0 Å². The molecule has 0 unspecified atom stereocenters. The molecule has 1 aromatic heterocycles. The third kappa shape index (κ3) is 1.80. The van der Waals surface area contributed by atoms with Crippen molar-refractivity contribution in [1.29, 1.82) is 0 Å². The molecule has 0 aliphatic heterocycles. The summed E-state index contributed by atoms with van der Waals surface area (Å²) in [7, 11) is 1.65. The van der Waals surface area contributed by atoms with Gasteiger partial charge in [0.25, 0.3) is 0 Å². The van der Waals surface area contributed by atoms with Crippen LogP contribution in [0.1, 0.15) is 6.92 Å². The first-order valence-electron chi connectivity index (χ1n) is 5.16. The van der Waals surface area contributed by atoms with Crippen LogP contribution in [0.5, 0.6) is 5.75 Å². The third-order valence-electron chi connectivity index (χ3n) is 2.41. The molecule has 0 spiro atoms. The summed E-state index contributed by atoms with van der Waals surface area (Å²) >= 11 is 4.47. The zero-order valence-electron chi connectivity index (χ0n) is 9.32. The van der Waals surface area contributed by atoms with E-state index in [1.165, 1.54) is 0 Å². The SMILES string of the molecule is CCNc1cc(OC)c(S)c2cccnc12. The monoisotopic (exact) mass is 234 g/mol. The number of anilines is 1. The lowest BCUT2D eigenvalue weighted by Gasteiger charge is -2.12. The lowest BCUT2D eigenvalue weighted by Crippen LogP contribution is -1.99. The van der Waals surface area contributed by atoms with Crippen LogP contribution in [0.3, 0.4) is 0 Å². The van der Waals surface area contributed by atoms with E-state index >= 15 is 0 Å². The van der Waals surface area contributed by atoms with E-state index in [1.807, 2.05) is 18.2 Å². The maximum absolute atomic E-state index is 5.30. The molecule has 3 nitrogen and oxygen atoms in total. The predicted octanol–water partition coefficient (Wildman–Crippen LogP) is 2.96. The first-order valence-corrected chi connectivity index (χ1v) is 5.61. The summed E-state index contributed by atoms with van der Waals surface area (Å²) in [6, 6.07) is 5.83. The van der Waals surface area contributed by atoms with Crippen molar-refractivity contribution >= 4 is 29.2 Å². The molecule has 2 rings (SSSR count). The zero-order valence-corrected chi connectivity index (χ0v) is 10.2. The smallest absolute Gasteiger partial charge is 0.134 e. The molecule has 1 N–H and O–H groups in total. The fourth-order valence-electron chi connectivity index (χ4n) is 1.69. The number of nitrogens with one attached hydrogen (secondary N) is 1. The van der Waals surface area contributed by atoms with Crippen LogP contribution < -0.4 is 10.1 Å². The van der Waals surface area contributed by atoms with E-state index in [2.05, 4.69) is 29.9 Å². The van der Waals surface area contributed by atoms with E-state index in [0.717, 1.165) is 33.8 Å². The average Bonchev–Trinajstić information content (AvgIpc) is 2.33. The van der Waals surface area contributed by atoms with Gasteiger partial charge in [-0.3, -0.25) is 4.98 Å². The number of hydrogen-bond donors (Lipinski definition) is 2. The highest BCUT2D eigenvalue weighted by atomic mass is 32.1. The van der Waals surface area contributed by atoms with Crippen molar-refractivity contribution in [3.63, 3.8) is 0 Å². The van der Waals surface area contributed by atoms with E-state index in [-0.39, 0.29) is 0 Å². The Balaban J connectivity index is 2.74. The quantitative estimate of drug-likeness (QED) is 0.801. The molecular formula is C12H14N2OS. The van der Waals surface area contributed by atoms with Gasteiger partial charge in [-0.25, -0.2) is 0 Å². The molecular weight excluding hydrogens is 220 g/mol. The number of pyridine rings is 1. The van der Waals surface area contributed by atoms with E-state index in [4.69, 9.17) is 4.74 Å². The number of thiol groups is 1. The summed E-state index contributed by atoms with van der Waals surface area (Å²) in [6.07, 6.45) is 1.78. The largest absolute Gasteiger partial charge is 0.495 e. The van der Waals surface area contributed by atoms with Gasteiger partial charge in [0.2, 0.25) is 0 Å². The van der Waals surface area contributed by atoms with E-state index in [0.29, 0.717) is 0 Å². The number of rotatable bonds is 3. The third-order valence-corrected chi connectivity index (χ3v) is 2.88. The number of aromatic nitrogens is 1. The highest BCUT2D eigenvalue weighted by Gasteiger charge is 2.10. The minimum atomic E-state index is 0.764. The summed E-state index contributed by atoms with van der Waals surface area (Å²) in [5, 5.41) is 4.28. The second-order valence-corrected chi connectivity index (χ2v) is 3.85. The number of hydrogen-bond acceptors (Lipinski definition) is 4. The van der Waals surface area contributed by atoms with Crippen molar-refractivity contribution in [3.05, 3.63) is 24.4 Å². The molecule has 0 atom stereocenters. The van der Waals surface area contributed by atoms with Gasteiger partial charge in [-0.05, 0) is 19.1 Å². The topological polar surface area (TPSA) is 34.1 Å². The average molecular weight is 234 g/mol. The van der Waals surface area contributed by atoms with Crippen molar-refractivity contribution in [2.45, 2.75) is 11.8 Å². The normalized spacial score (nSPS) is 10.4. The van der Waals surface area contributed by atoms with Gasteiger partial charge in [0.1, 0.15) is 5.75 Å². The second-order valence-electron chi connectivity index (χ2n) is 3.40. The Morgan fingerprint density at radius 2 is 2.31 bits per heavy atom. The Labute approximate surface area is 100 Å². The highest BCUT2D eigenvalue weighted by Crippen LogP contribution is 2.35. The summed E-state index contributed by atoms with van der Waals surface area (Å²) in [5.74, 6) is 0.764. The maximum atomic E-state index is 5.30. The van der Waals surface area contributed by atoms with Gasteiger partial charge >= 0.3 is 0 Å². The van der Waals surface area contributed by atoms with Crippen LogP contribution >= 0.6 is 12.6 Å². The summed E-state index contributed by atoms with van der Waals surface area (Å²) in [4.78, 5) is 5.20. The molecule has 2 aromatic rings. The number of ether oxygens (including phenoxy) is 1. The molecule has 0 saturated carbocycles. The molecule has 0 aliphatic carbocycles. The first kappa shape index (κ1) is 11.1. The molecule has 1 aromatic carbocycles. The minimum absolute atomic E-state index is 0.764. The van der Waals surface area contributed by atoms with Gasteiger partial charge in [-0.15, -0.1) is 12.6 Å². The molecule has 0 radical (unpaired) electrons. The van der Waals surface area contributed by atoms with Crippen LogP contribution in [0.15, 0.2) is 29.3 Å². The predicted molar refractivity (Wildman–Crippen MR) is 69.7 cm³/mol. The number of methoxy groups -OCH3 is 1. The first-order chi connectivity index (χ1) is 7.77. The summed E-state index contributed by atoms with van der Waals surface area (Å²) in [5.41, 5.74) is 1.91. The summed E-state index contributed by atoms with van der Waals surface area (Å²) in [6.45, 7) is 2.90. The molecule has 1 heterocycles. The molecule has 16 heavy (non-hydrogen) atoms. The standard InChI is InChI=1S/C12H14N2OS/c1-3-13-9-7-10(15-2)12(16)8-5-4-6-14-11(8)9/h4-7,13,16H,3H2,1-2H3. The van der Waals surface area contributed by atoms with Gasteiger partial charge in [0.15, 0.2) is 0 Å². The van der Waals surface area contributed by atoms with E-state index in [9.17, 15) is 0 Å². The number of fused-ring (bicyclic) bond motifs is 1. The van der Waals surface area contributed by atoms with Crippen LogP contribution in [0.25, 0.3) is 10.9 Å². The highest BCUT2D eigenvalue weighted by molar-refractivity contribution is 7.80. The van der Waals surface area contributed by atoms with Crippen LogP contribution in [0.4, 0.5) is 5.69 Å². The van der Waals surface area contributed by atoms with Gasteiger partial charge in [0, 0.05) is 24.2 Å². The Morgan fingerprint density at radius 1 is 1.50 bits per heavy atom. The number of benzene rings is 1. The Bertz CT molecular complexity index is 514. The molecule has 0 bridgehead atoms. The fourth-order valence-corrected chi connectivity index (χ4v) is 2.03. The lowest BCUT2D eigenvalue weighted by molar-refractivity contribution is 0.406. The van der Waals surface area contributed by atoms with Crippen molar-refractivity contribution in [2.24, 2.45) is 0 Å². The second kappa shape index (κ2) is 4.61. The fraction of sp³-hybridized carbons (Fsp3) is 0.250.